The molecule has 110 valence electrons. The second kappa shape index (κ2) is 5.72. The lowest BCUT2D eigenvalue weighted by Crippen LogP contribution is -2.10. The van der Waals surface area contributed by atoms with E-state index in [1.54, 1.807) is 6.07 Å². The summed E-state index contributed by atoms with van der Waals surface area (Å²) in [5.74, 6) is 0.0351. The molecule has 0 amide bonds. The standard InChI is InChI=1S/C17H21N3O/c1-12-6-7-16(18)15(10-12)17(21)11-13-8-9-20(19-13)14-4-2-3-5-14/h6-10,14H,2-5,11,18H2,1H3. The van der Waals surface area contributed by atoms with Gasteiger partial charge >= 0.3 is 0 Å². The number of Topliss-reactive ketones (excluding diaryl/α,β-unsaturated/α-hetero) is 1. The van der Waals surface area contributed by atoms with Gasteiger partial charge in [0.15, 0.2) is 5.78 Å². The quantitative estimate of drug-likeness (QED) is 0.691. The molecule has 1 aromatic heterocycles. The number of hydrogen-bond donors (Lipinski definition) is 1. The van der Waals surface area contributed by atoms with E-state index in [-0.39, 0.29) is 5.78 Å². The Morgan fingerprint density at radius 3 is 2.86 bits per heavy atom. The maximum absolute atomic E-state index is 12.4. The number of nitrogens with two attached hydrogens (primary N) is 1. The highest BCUT2D eigenvalue weighted by atomic mass is 16.1. The molecule has 1 aliphatic carbocycles. The van der Waals surface area contributed by atoms with Gasteiger partial charge in [-0.2, -0.15) is 5.10 Å². The molecule has 1 heterocycles. The van der Waals surface area contributed by atoms with E-state index in [1.165, 1.54) is 25.7 Å². The highest BCUT2D eigenvalue weighted by Gasteiger charge is 2.18. The van der Waals surface area contributed by atoms with Gasteiger partial charge in [-0.3, -0.25) is 9.48 Å². The minimum atomic E-state index is 0.0351. The molecule has 1 saturated carbocycles. The Morgan fingerprint density at radius 2 is 2.10 bits per heavy atom. The van der Waals surface area contributed by atoms with Crippen molar-refractivity contribution in [2.45, 2.75) is 45.1 Å². The van der Waals surface area contributed by atoms with Gasteiger partial charge in [-0.25, -0.2) is 0 Å². The van der Waals surface area contributed by atoms with Gasteiger partial charge in [0, 0.05) is 17.4 Å². The van der Waals surface area contributed by atoms with Crippen LogP contribution in [0.2, 0.25) is 0 Å². The van der Waals surface area contributed by atoms with Crippen molar-refractivity contribution >= 4 is 11.5 Å². The SMILES string of the molecule is Cc1ccc(N)c(C(=O)Cc2ccn(C3CCCC3)n2)c1. The molecular formula is C17H21N3O. The minimum Gasteiger partial charge on any atom is -0.398 e. The molecule has 0 saturated heterocycles. The van der Waals surface area contributed by atoms with E-state index >= 15 is 0 Å². The third-order valence-corrected chi connectivity index (χ3v) is 4.21. The van der Waals surface area contributed by atoms with Gasteiger partial charge in [-0.1, -0.05) is 24.5 Å². The van der Waals surface area contributed by atoms with Crippen LogP contribution in [0.4, 0.5) is 5.69 Å². The van der Waals surface area contributed by atoms with Crippen molar-refractivity contribution in [2.75, 3.05) is 5.73 Å². The van der Waals surface area contributed by atoms with Crippen molar-refractivity contribution in [3.8, 4) is 0 Å². The van der Waals surface area contributed by atoms with Crippen molar-refractivity contribution in [1.82, 2.24) is 9.78 Å². The molecule has 0 unspecified atom stereocenters. The van der Waals surface area contributed by atoms with Crippen LogP contribution < -0.4 is 5.73 Å². The van der Waals surface area contributed by atoms with Gasteiger partial charge in [-0.05, 0) is 38.0 Å². The van der Waals surface area contributed by atoms with E-state index < -0.39 is 0 Å². The lowest BCUT2D eigenvalue weighted by atomic mass is 10.0. The average Bonchev–Trinajstić information content (AvgIpc) is 3.11. The van der Waals surface area contributed by atoms with Crippen molar-refractivity contribution in [3.05, 3.63) is 47.3 Å². The number of nitrogens with zero attached hydrogens (tertiary/aromatic N) is 2. The fourth-order valence-corrected chi connectivity index (χ4v) is 3.02. The third-order valence-electron chi connectivity index (χ3n) is 4.21. The Morgan fingerprint density at radius 1 is 1.33 bits per heavy atom. The maximum Gasteiger partial charge on any atom is 0.170 e. The van der Waals surface area contributed by atoms with Crippen LogP contribution in [0.15, 0.2) is 30.5 Å². The average molecular weight is 283 g/mol. The van der Waals surface area contributed by atoms with Gasteiger partial charge in [0.05, 0.1) is 18.2 Å². The van der Waals surface area contributed by atoms with E-state index in [9.17, 15) is 4.79 Å². The van der Waals surface area contributed by atoms with Crippen LogP contribution in [0.25, 0.3) is 0 Å². The number of carbonyl (C=O) groups is 1. The summed E-state index contributed by atoms with van der Waals surface area (Å²) in [6, 6.07) is 8.02. The van der Waals surface area contributed by atoms with Crippen LogP contribution in [0.3, 0.4) is 0 Å². The predicted molar refractivity (Wildman–Crippen MR) is 83.4 cm³/mol. The zero-order valence-corrected chi connectivity index (χ0v) is 12.4. The molecule has 0 radical (unpaired) electrons. The fraction of sp³-hybridized carbons (Fsp3) is 0.412. The second-order valence-electron chi connectivity index (χ2n) is 5.92. The molecule has 3 rings (SSSR count). The van der Waals surface area contributed by atoms with E-state index in [0.717, 1.165) is 11.3 Å². The van der Waals surface area contributed by atoms with Crippen molar-refractivity contribution < 1.29 is 4.79 Å². The van der Waals surface area contributed by atoms with E-state index in [1.807, 2.05) is 36.0 Å². The number of benzene rings is 1. The lowest BCUT2D eigenvalue weighted by Gasteiger charge is -2.09. The van der Waals surface area contributed by atoms with Crippen molar-refractivity contribution in [3.63, 3.8) is 0 Å². The number of carbonyl (C=O) groups excluding carboxylic acids is 1. The van der Waals surface area contributed by atoms with Crippen LogP contribution in [0, 0.1) is 6.92 Å². The summed E-state index contributed by atoms with van der Waals surface area (Å²) in [5, 5.41) is 4.56. The van der Waals surface area contributed by atoms with Crippen molar-refractivity contribution in [1.29, 1.82) is 0 Å². The van der Waals surface area contributed by atoms with Gasteiger partial charge in [0.1, 0.15) is 0 Å². The van der Waals surface area contributed by atoms with Crippen LogP contribution in [0.1, 0.15) is 53.3 Å². The Kier molecular flexibility index (Phi) is 3.78. The fourth-order valence-electron chi connectivity index (χ4n) is 3.02. The Bertz CT molecular complexity index is 654. The van der Waals surface area contributed by atoms with Crippen LogP contribution in [0.5, 0.6) is 0 Å². The number of nitrogen functional groups attached to an aromatic ring is 1. The zero-order chi connectivity index (χ0) is 14.8. The third kappa shape index (κ3) is 2.99. The number of ketones is 1. The summed E-state index contributed by atoms with van der Waals surface area (Å²) in [6.45, 7) is 1.96. The van der Waals surface area contributed by atoms with E-state index in [4.69, 9.17) is 5.73 Å². The van der Waals surface area contributed by atoms with Crippen LogP contribution >= 0.6 is 0 Å². The molecule has 4 heteroatoms. The first-order valence-electron chi connectivity index (χ1n) is 7.57. The highest BCUT2D eigenvalue weighted by Crippen LogP contribution is 2.28. The number of aromatic nitrogens is 2. The molecular weight excluding hydrogens is 262 g/mol. The molecule has 2 aromatic rings. The minimum absolute atomic E-state index is 0.0351. The van der Waals surface area contributed by atoms with E-state index in [0.29, 0.717) is 23.7 Å². The van der Waals surface area contributed by atoms with Gasteiger partial charge in [0.25, 0.3) is 0 Å². The smallest absolute Gasteiger partial charge is 0.170 e. The summed E-state index contributed by atoms with van der Waals surface area (Å²) in [6.07, 6.45) is 7.25. The molecule has 0 bridgehead atoms. The molecule has 0 aliphatic heterocycles. The molecule has 0 spiro atoms. The number of aryl methyl sites for hydroxylation is 1. The maximum atomic E-state index is 12.4. The first-order valence-corrected chi connectivity index (χ1v) is 7.57. The van der Waals surface area contributed by atoms with Crippen molar-refractivity contribution in [2.24, 2.45) is 0 Å². The zero-order valence-electron chi connectivity index (χ0n) is 12.4. The van der Waals surface area contributed by atoms with Gasteiger partial charge in [-0.15, -0.1) is 0 Å². The topological polar surface area (TPSA) is 60.9 Å². The summed E-state index contributed by atoms with van der Waals surface area (Å²) >= 11 is 0. The summed E-state index contributed by atoms with van der Waals surface area (Å²) < 4.78 is 2.02. The second-order valence-corrected chi connectivity index (χ2v) is 5.92. The first kappa shape index (κ1) is 13.9. The summed E-state index contributed by atoms with van der Waals surface area (Å²) in [5.41, 5.74) is 8.92. The predicted octanol–water partition coefficient (Wildman–Crippen LogP) is 3.31. The molecule has 0 atom stereocenters. The number of rotatable bonds is 4. The molecule has 4 nitrogen and oxygen atoms in total. The highest BCUT2D eigenvalue weighted by molar-refractivity contribution is 6.01. The van der Waals surface area contributed by atoms with Crippen LogP contribution in [-0.4, -0.2) is 15.6 Å². The molecule has 1 aliphatic rings. The monoisotopic (exact) mass is 283 g/mol. The van der Waals surface area contributed by atoms with Gasteiger partial charge < -0.3 is 5.73 Å². The largest absolute Gasteiger partial charge is 0.398 e. The first-order chi connectivity index (χ1) is 10.1. The molecule has 1 fully saturated rings. The van der Waals surface area contributed by atoms with E-state index in [2.05, 4.69) is 5.10 Å². The molecule has 1 aromatic carbocycles. The normalized spacial score (nSPS) is 15.5. The molecule has 21 heavy (non-hydrogen) atoms. The number of hydrogen-bond acceptors (Lipinski definition) is 3. The van der Waals surface area contributed by atoms with Gasteiger partial charge in [0.2, 0.25) is 0 Å². The summed E-state index contributed by atoms with van der Waals surface area (Å²) in [7, 11) is 0. The number of anilines is 1. The Hall–Kier alpha value is -2.10. The Balaban J connectivity index is 1.74. The molecule has 2 N–H and O–H groups in total. The Labute approximate surface area is 125 Å². The van der Waals surface area contributed by atoms with Crippen LogP contribution in [-0.2, 0) is 6.42 Å². The lowest BCUT2D eigenvalue weighted by molar-refractivity contribution is 0.0992. The summed E-state index contributed by atoms with van der Waals surface area (Å²) in [4.78, 5) is 12.4.